The summed E-state index contributed by atoms with van der Waals surface area (Å²) < 4.78 is 0. The lowest BCUT2D eigenvalue weighted by atomic mass is 10.0. The number of nitrogens with zero attached hydrogens (tertiary/aromatic N) is 1. The first-order valence-electron chi connectivity index (χ1n) is 5.48. The number of carbonyl (C=O) groups is 2. The summed E-state index contributed by atoms with van der Waals surface area (Å²) in [5.41, 5.74) is 4.33. The molecule has 0 aromatic rings. The highest BCUT2D eigenvalue weighted by atomic mass is 16.2. The third-order valence-electron chi connectivity index (χ3n) is 2.58. The predicted molar refractivity (Wildman–Crippen MR) is 60.7 cm³/mol. The van der Waals surface area contributed by atoms with Gasteiger partial charge in [-0.15, -0.1) is 0 Å². The molecule has 92 valence electrons. The zero-order valence-electron chi connectivity index (χ0n) is 9.88. The van der Waals surface area contributed by atoms with E-state index in [4.69, 9.17) is 5.73 Å². The van der Waals surface area contributed by atoms with Crippen LogP contribution in [-0.4, -0.2) is 55.0 Å². The number of amides is 2. The molecule has 1 rings (SSSR count). The van der Waals surface area contributed by atoms with Crippen LogP contribution in [0, 0.1) is 0 Å². The van der Waals surface area contributed by atoms with E-state index in [0.717, 1.165) is 13.1 Å². The van der Waals surface area contributed by atoms with E-state index < -0.39 is 5.54 Å². The topological polar surface area (TPSA) is 87.5 Å². The quantitative estimate of drug-likeness (QED) is 0.536. The van der Waals surface area contributed by atoms with Crippen LogP contribution in [0.1, 0.15) is 13.8 Å². The van der Waals surface area contributed by atoms with Gasteiger partial charge in [0.1, 0.15) is 5.54 Å². The van der Waals surface area contributed by atoms with Crippen LogP contribution in [0.2, 0.25) is 0 Å². The van der Waals surface area contributed by atoms with Gasteiger partial charge in [-0.3, -0.25) is 9.59 Å². The van der Waals surface area contributed by atoms with Crippen LogP contribution in [0.3, 0.4) is 0 Å². The molecule has 4 N–H and O–H groups in total. The minimum atomic E-state index is -0.881. The summed E-state index contributed by atoms with van der Waals surface area (Å²) >= 11 is 0. The molecule has 1 aliphatic rings. The Kier molecular flexibility index (Phi) is 4.26. The lowest BCUT2D eigenvalue weighted by Crippen LogP contribution is -2.59. The average molecular weight is 228 g/mol. The number of hydrogen-bond donors (Lipinski definition) is 3. The predicted octanol–water partition coefficient (Wildman–Crippen LogP) is -1.73. The molecule has 0 aliphatic carbocycles. The molecule has 1 saturated heterocycles. The van der Waals surface area contributed by atoms with Crippen LogP contribution in [0.25, 0.3) is 0 Å². The van der Waals surface area contributed by atoms with E-state index in [2.05, 4.69) is 10.6 Å². The number of nitrogens with one attached hydrogen (secondary N) is 2. The molecule has 0 aromatic heterocycles. The van der Waals surface area contributed by atoms with Crippen molar-refractivity contribution in [3.8, 4) is 0 Å². The molecule has 6 nitrogen and oxygen atoms in total. The Morgan fingerprint density at radius 3 is 2.44 bits per heavy atom. The molecular weight excluding hydrogens is 208 g/mol. The molecule has 1 aliphatic heterocycles. The molecule has 1 fully saturated rings. The van der Waals surface area contributed by atoms with Gasteiger partial charge in [0.15, 0.2) is 0 Å². The maximum atomic E-state index is 12.1. The Labute approximate surface area is 95.5 Å². The van der Waals surface area contributed by atoms with Crippen molar-refractivity contribution in [2.45, 2.75) is 19.4 Å². The lowest BCUT2D eigenvalue weighted by Gasteiger charge is -2.35. The van der Waals surface area contributed by atoms with Crippen molar-refractivity contribution in [1.29, 1.82) is 0 Å². The van der Waals surface area contributed by atoms with Crippen LogP contribution in [-0.2, 0) is 9.59 Å². The van der Waals surface area contributed by atoms with Gasteiger partial charge in [-0.1, -0.05) is 0 Å². The molecule has 0 atom stereocenters. The van der Waals surface area contributed by atoms with Crippen molar-refractivity contribution in [2.24, 2.45) is 5.73 Å². The van der Waals surface area contributed by atoms with Crippen molar-refractivity contribution in [3.05, 3.63) is 0 Å². The first-order chi connectivity index (χ1) is 7.47. The van der Waals surface area contributed by atoms with Gasteiger partial charge in [0.05, 0.1) is 6.54 Å². The highest BCUT2D eigenvalue weighted by Gasteiger charge is 2.33. The summed E-state index contributed by atoms with van der Waals surface area (Å²) in [5.74, 6) is -0.371. The minimum absolute atomic E-state index is 0.0594. The summed E-state index contributed by atoms with van der Waals surface area (Å²) in [6, 6.07) is 0. The largest absolute Gasteiger partial charge is 0.341 e. The minimum Gasteiger partial charge on any atom is -0.341 e. The van der Waals surface area contributed by atoms with Crippen LogP contribution in [0.4, 0.5) is 0 Å². The second kappa shape index (κ2) is 5.27. The number of hydrogen-bond acceptors (Lipinski definition) is 4. The molecule has 0 saturated carbocycles. The van der Waals surface area contributed by atoms with Crippen LogP contribution >= 0.6 is 0 Å². The van der Waals surface area contributed by atoms with Crippen molar-refractivity contribution in [2.75, 3.05) is 32.7 Å². The van der Waals surface area contributed by atoms with E-state index in [1.54, 1.807) is 18.7 Å². The fraction of sp³-hybridized carbons (Fsp3) is 0.800. The van der Waals surface area contributed by atoms with Gasteiger partial charge in [-0.05, 0) is 13.8 Å². The van der Waals surface area contributed by atoms with Crippen molar-refractivity contribution < 1.29 is 9.59 Å². The van der Waals surface area contributed by atoms with Crippen molar-refractivity contribution in [3.63, 3.8) is 0 Å². The molecule has 0 unspecified atom stereocenters. The van der Waals surface area contributed by atoms with E-state index in [0.29, 0.717) is 13.1 Å². The summed E-state index contributed by atoms with van der Waals surface area (Å²) in [6.45, 7) is 6.26. The Morgan fingerprint density at radius 2 is 1.94 bits per heavy atom. The monoisotopic (exact) mass is 228 g/mol. The summed E-state index contributed by atoms with van der Waals surface area (Å²) in [4.78, 5) is 25.1. The Morgan fingerprint density at radius 1 is 1.38 bits per heavy atom. The van der Waals surface area contributed by atoms with Crippen molar-refractivity contribution in [1.82, 2.24) is 15.5 Å². The van der Waals surface area contributed by atoms with Crippen LogP contribution in [0.15, 0.2) is 0 Å². The maximum absolute atomic E-state index is 12.1. The molecule has 1 heterocycles. The molecule has 0 aromatic carbocycles. The smallest absolute Gasteiger partial charge is 0.247 e. The highest BCUT2D eigenvalue weighted by molar-refractivity contribution is 5.91. The second-order valence-electron chi connectivity index (χ2n) is 4.42. The number of carbonyl (C=O) groups excluding carboxylic acids is 2. The van der Waals surface area contributed by atoms with Gasteiger partial charge in [0, 0.05) is 26.2 Å². The Balaban J connectivity index is 2.59. The molecule has 16 heavy (non-hydrogen) atoms. The summed E-state index contributed by atoms with van der Waals surface area (Å²) in [6.07, 6.45) is 0. The molecule has 0 bridgehead atoms. The molecule has 2 amide bonds. The number of nitrogens with two attached hydrogens (primary N) is 1. The third-order valence-corrected chi connectivity index (χ3v) is 2.58. The van der Waals surface area contributed by atoms with Gasteiger partial charge in [0.25, 0.3) is 0 Å². The van der Waals surface area contributed by atoms with Gasteiger partial charge in [0.2, 0.25) is 11.8 Å². The second-order valence-corrected chi connectivity index (χ2v) is 4.42. The van der Waals surface area contributed by atoms with E-state index in [9.17, 15) is 9.59 Å². The zero-order chi connectivity index (χ0) is 12.2. The zero-order valence-corrected chi connectivity index (χ0v) is 9.88. The normalized spacial score (nSPS) is 17.1. The van der Waals surface area contributed by atoms with E-state index >= 15 is 0 Å². The number of rotatable bonds is 3. The fourth-order valence-electron chi connectivity index (χ4n) is 1.72. The Bertz CT molecular complexity index is 272. The standard InChI is InChI=1S/C10H20N4O2/c1-10(2,13-8(15)7-11)9(16)14-5-3-12-4-6-14/h12H,3-7,11H2,1-2H3,(H,13,15). The lowest BCUT2D eigenvalue weighted by molar-refractivity contribution is -0.140. The van der Waals surface area contributed by atoms with Crippen LogP contribution in [0.5, 0.6) is 0 Å². The van der Waals surface area contributed by atoms with Gasteiger partial charge in [-0.25, -0.2) is 0 Å². The summed E-state index contributed by atoms with van der Waals surface area (Å²) in [5, 5.41) is 5.80. The summed E-state index contributed by atoms with van der Waals surface area (Å²) in [7, 11) is 0. The molecule has 0 radical (unpaired) electrons. The van der Waals surface area contributed by atoms with Gasteiger partial charge in [-0.2, -0.15) is 0 Å². The third kappa shape index (κ3) is 3.18. The SMILES string of the molecule is CC(C)(NC(=O)CN)C(=O)N1CCNCC1. The van der Waals surface area contributed by atoms with Crippen LogP contribution < -0.4 is 16.4 Å². The fourth-order valence-corrected chi connectivity index (χ4v) is 1.72. The van der Waals surface area contributed by atoms with Gasteiger partial charge >= 0.3 is 0 Å². The maximum Gasteiger partial charge on any atom is 0.247 e. The van der Waals surface area contributed by atoms with Gasteiger partial charge < -0.3 is 21.3 Å². The number of piperazine rings is 1. The van der Waals surface area contributed by atoms with E-state index in [1.165, 1.54) is 0 Å². The Hall–Kier alpha value is -1.14. The molecular formula is C10H20N4O2. The first-order valence-corrected chi connectivity index (χ1v) is 5.48. The highest BCUT2D eigenvalue weighted by Crippen LogP contribution is 2.08. The molecule has 6 heteroatoms. The first kappa shape index (κ1) is 12.9. The molecule has 0 spiro atoms. The van der Waals surface area contributed by atoms with Crippen molar-refractivity contribution >= 4 is 11.8 Å². The van der Waals surface area contributed by atoms with E-state index in [-0.39, 0.29) is 18.4 Å². The van der Waals surface area contributed by atoms with E-state index in [1.807, 2.05) is 0 Å². The average Bonchev–Trinajstić information content (AvgIpc) is 2.28.